The summed E-state index contributed by atoms with van der Waals surface area (Å²) in [6, 6.07) is 8.59. The Balaban J connectivity index is 2.48. The summed E-state index contributed by atoms with van der Waals surface area (Å²) in [6.07, 6.45) is 3.89. The molecule has 8 nitrogen and oxygen atoms in total. The van der Waals surface area contributed by atoms with Crippen molar-refractivity contribution in [2.24, 2.45) is 5.73 Å². The molecule has 1 atom stereocenters. The smallest absolute Gasteiger partial charge is 0.254 e. The van der Waals surface area contributed by atoms with Crippen molar-refractivity contribution < 1.29 is 23.9 Å². The van der Waals surface area contributed by atoms with Crippen LogP contribution in [0.2, 0.25) is 0 Å². The van der Waals surface area contributed by atoms with Crippen LogP contribution in [0.25, 0.3) is 0 Å². The lowest BCUT2D eigenvalue weighted by Gasteiger charge is -2.25. The summed E-state index contributed by atoms with van der Waals surface area (Å²) in [5.74, 6) is -0.283. The maximum Gasteiger partial charge on any atom is 0.254 e. The maximum absolute atomic E-state index is 13.4. The van der Waals surface area contributed by atoms with Crippen LogP contribution < -0.4 is 25.8 Å². The SMILES string of the molecule is CCCCCC(CC(=O)Nc1cc(C(N)=O)ccc1C(C)(C)C)c1cc(C(=O)NC)c(OC)cc1OC. The first kappa shape index (κ1) is 29.7. The summed E-state index contributed by atoms with van der Waals surface area (Å²) in [4.78, 5) is 37.8. The molecule has 0 saturated heterocycles. The second-order valence-electron chi connectivity index (χ2n) is 10.2. The molecule has 2 rings (SSSR count). The molecule has 0 aliphatic rings. The summed E-state index contributed by atoms with van der Waals surface area (Å²) in [5, 5.41) is 5.66. The Bertz CT molecular complexity index is 1120. The van der Waals surface area contributed by atoms with E-state index in [4.69, 9.17) is 15.2 Å². The number of unbranched alkanes of at least 4 members (excludes halogenated alkanes) is 2. The van der Waals surface area contributed by atoms with Crippen molar-refractivity contribution in [1.82, 2.24) is 5.32 Å². The normalized spacial score (nSPS) is 12.0. The van der Waals surface area contributed by atoms with Gasteiger partial charge in [0, 0.05) is 30.8 Å². The number of rotatable bonds is 12. The van der Waals surface area contributed by atoms with Gasteiger partial charge in [-0.3, -0.25) is 14.4 Å². The first-order valence-electron chi connectivity index (χ1n) is 12.7. The number of nitrogens with one attached hydrogen (secondary N) is 2. The molecule has 1 unspecified atom stereocenters. The topological polar surface area (TPSA) is 120 Å². The van der Waals surface area contributed by atoms with E-state index in [1.807, 2.05) is 26.8 Å². The highest BCUT2D eigenvalue weighted by Crippen LogP contribution is 2.38. The first-order chi connectivity index (χ1) is 17.5. The average molecular weight is 512 g/mol. The zero-order valence-corrected chi connectivity index (χ0v) is 23.1. The van der Waals surface area contributed by atoms with Crippen LogP contribution in [0.15, 0.2) is 30.3 Å². The highest BCUT2D eigenvalue weighted by molar-refractivity contribution is 5.98. The van der Waals surface area contributed by atoms with Crippen LogP contribution in [0.3, 0.4) is 0 Å². The van der Waals surface area contributed by atoms with E-state index in [1.54, 1.807) is 38.4 Å². The van der Waals surface area contributed by atoms with Gasteiger partial charge in [-0.15, -0.1) is 0 Å². The van der Waals surface area contributed by atoms with E-state index in [-0.39, 0.29) is 29.6 Å². The molecule has 0 radical (unpaired) electrons. The summed E-state index contributed by atoms with van der Waals surface area (Å²) >= 11 is 0. The first-order valence-corrected chi connectivity index (χ1v) is 12.7. The van der Waals surface area contributed by atoms with E-state index in [9.17, 15) is 14.4 Å². The highest BCUT2D eigenvalue weighted by Gasteiger charge is 2.26. The van der Waals surface area contributed by atoms with Crippen LogP contribution in [0.1, 0.15) is 97.6 Å². The second-order valence-corrected chi connectivity index (χ2v) is 10.2. The zero-order chi connectivity index (χ0) is 27.8. The van der Waals surface area contributed by atoms with Crippen molar-refractivity contribution in [3.05, 3.63) is 52.6 Å². The number of benzene rings is 2. The van der Waals surface area contributed by atoms with Crippen molar-refractivity contribution in [2.45, 2.75) is 71.1 Å². The minimum Gasteiger partial charge on any atom is -0.496 e. The number of hydrogen-bond acceptors (Lipinski definition) is 5. The fourth-order valence-corrected chi connectivity index (χ4v) is 4.44. The molecule has 202 valence electrons. The van der Waals surface area contributed by atoms with Crippen molar-refractivity contribution in [2.75, 3.05) is 26.6 Å². The lowest BCUT2D eigenvalue weighted by atomic mass is 9.84. The number of carbonyl (C=O) groups is 3. The van der Waals surface area contributed by atoms with Crippen molar-refractivity contribution in [1.29, 1.82) is 0 Å². The van der Waals surface area contributed by atoms with Gasteiger partial charge in [-0.05, 0) is 47.1 Å². The number of ether oxygens (including phenoxy) is 2. The quantitative estimate of drug-likeness (QED) is 0.340. The fourth-order valence-electron chi connectivity index (χ4n) is 4.44. The van der Waals surface area contributed by atoms with Crippen LogP contribution >= 0.6 is 0 Å². The van der Waals surface area contributed by atoms with Gasteiger partial charge in [0.2, 0.25) is 11.8 Å². The third kappa shape index (κ3) is 7.71. The number of primary amides is 1. The molecule has 0 aliphatic heterocycles. The maximum atomic E-state index is 13.4. The van der Waals surface area contributed by atoms with Crippen LogP contribution in [0.4, 0.5) is 5.69 Å². The molecule has 0 aromatic heterocycles. The predicted octanol–water partition coefficient (Wildman–Crippen LogP) is 5.15. The van der Waals surface area contributed by atoms with E-state index in [0.29, 0.717) is 28.3 Å². The third-order valence-corrected chi connectivity index (χ3v) is 6.44. The van der Waals surface area contributed by atoms with E-state index >= 15 is 0 Å². The van der Waals surface area contributed by atoms with Crippen molar-refractivity contribution in [3.63, 3.8) is 0 Å². The molecule has 0 aliphatic carbocycles. The van der Waals surface area contributed by atoms with Crippen LogP contribution in [0.5, 0.6) is 11.5 Å². The van der Waals surface area contributed by atoms with Gasteiger partial charge in [-0.2, -0.15) is 0 Å². The molecule has 2 aromatic rings. The molecule has 0 bridgehead atoms. The number of hydrogen-bond donors (Lipinski definition) is 3. The van der Waals surface area contributed by atoms with E-state index in [1.165, 1.54) is 7.11 Å². The van der Waals surface area contributed by atoms with E-state index in [2.05, 4.69) is 17.6 Å². The molecule has 0 saturated carbocycles. The lowest BCUT2D eigenvalue weighted by Crippen LogP contribution is -2.22. The Morgan fingerprint density at radius 1 is 1.00 bits per heavy atom. The van der Waals surface area contributed by atoms with E-state index < -0.39 is 5.91 Å². The van der Waals surface area contributed by atoms with Gasteiger partial charge < -0.3 is 25.8 Å². The lowest BCUT2D eigenvalue weighted by molar-refractivity contribution is -0.116. The van der Waals surface area contributed by atoms with Crippen molar-refractivity contribution >= 4 is 23.4 Å². The van der Waals surface area contributed by atoms with Gasteiger partial charge in [0.25, 0.3) is 5.91 Å². The Labute approximate surface area is 220 Å². The summed E-state index contributed by atoms with van der Waals surface area (Å²) in [6.45, 7) is 8.24. The standard InChI is InChI=1S/C29H41N3O5/c1-8-9-10-11-18(20-16-21(28(35)31-5)25(37-7)17-24(20)36-6)15-26(33)32-23-14-19(27(30)34)12-13-22(23)29(2,3)4/h12-14,16-18H,8-11,15H2,1-7H3,(H2,30,34)(H,31,35)(H,32,33). The van der Waals surface area contributed by atoms with Gasteiger partial charge in [0.1, 0.15) is 11.5 Å². The average Bonchev–Trinajstić information content (AvgIpc) is 2.86. The summed E-state index contributed by atoms with van der Waals surface area (Å²) in [7, 11) is 4.62. The van der Waals surface area contributed by atoms with Crippen LogP contribution in [0, 0.1) is 0 Å². The van der Waals surface area contributed by atoms with Crippen LogP contribution in [-0.4, -0.2) is 39.0 Å². The number of amides is 3. The van der Waals surface area contributed by atoms with Gasteiger partial charge >= 0.3 is 0 Å². The largest absolute Gasteiger partial charge is 0.496 e. The molecular weight excluding hydrogens is 470 g/mol. The number of carbonyl (C=O) groups excluding carboxylic acids is 3. The third-order valence-electron chi connectivity index (χ3n) is 6.44. The molecular formula is C29H41N3O5. The molecule has 3 amide bonds. The number of methoxy groups -OCH3 is 2. The number of nitrogens with two attached hydrogens (primary N) is 1. The van der Waals surface area contributed by atoms with Crippen LogP contribution in [-0.2, 0) is 10.2 Å². The molecule has 8 heteroatoms. The van der Waals surface area contributed by atoms with Crippen molar-refractivity contribution in [3.8, 4) is 11.5 Å². The van der Waals surface area contributed by atoms with Gasteiger partial charge in [-0.25, -0.2) is 0 Å². The Kier molecular flexibility index (Phi) is 10.5. The minimum absolute atomic E-state index is 0.171. The summed E-state index contributed by atoms with van der Waals surface area (Å²) < 4.78 is 11.1. The Morgan fingerprint density at radius 2 is 1.68 bits per heavy atom. The summed E-state index contributed by atoms with van der Waals surface area (Å²) in [5.41, 5.74) is 8.18. The monoisotopic (exact) mass is 511 g/mol. The van der Waals surface area contributed by atoms with Gasteiger partial charge in [-0.1, -0.05) is 53.0 Å². The molecule has 4 N–H and O–H groups in total. The minimum atomic E-state index is -0.557. The highest BCUT2D eigenvalue weighted by atomic mass is 16.5. The van der Waals surface area contributed by atoms with Gasteiger partial charge in [0.05, 0.1) is 19.8 Å². The van der Waals surface area contributed by atoms with Gasteiger partial charge in [0.15, 0.2) is 0 Å². The molecule has 2 aromatic carbocycles. The second kappa shape index (κ2) is 13.1. The number of anilines is 1. The van der Waals surface area contributed by atoms with E-state index in [0.717, 1.165) is 36.8 Å². The fraction of sp³-hybridized carbons (Fsp3) is 0.483. The predicted molar refractivity (Wildman–Crippen MR) is 147 cm³/mol. The Morgan fingerprint density at radius 3 is 2.22 bits per heavy atom. The molecule has 0 heterocycles. The molecule has 0 fully saturated rings. The molecule has 37 heavy (non-hydrogen) atoms. The molecule has 0 spiro atoms. The Hall–Kier alpha value is -3.55. The zero-order valence-electron chi connectivity index (χ0n) is 23.1.